The van der Waals surface area contributed by atoms with Gasteiger partial charge < -0.3 is 9.84 Å². The summed E-state index contributed by atoms with van der Waals surface area (Å²) in [5.74, 6) is 2.97. The second-order valence-electron chi connectivity index (χ2n) is 10.5. The van der Waals surface area contributed by atoms with Crippen molar-refractivity contribution in [3.05, 3.63) is 11.5 Å². The van der Waals surface area contributed by atoms with Gasteiger partial charge >= 0.3 is 0 Å². The second-order valence-corrected chi connectivity index (χ2v) is 12.3. The summed E-state index contributed by atoms with van der Waals surface area (Å²) in [5, 5.41) is 7.05. The minimum absolute atomic E-state index is 0.102. The second kappa shape index (κ2) is 7.33. The van der Waals surface area contributed by atoms with Gasteiger partial charge in [-0.05, 0) is 88.4 Å². The summed E-state index contributed by atoms with van der Waals surface area (Å²) in [6.07, 6.45) is 9.21. The lowest BCUT2D eigenvalue weighted by molar-refractivity contribution is -0.128. The molecule has 30 heavy (non-hydrogen) atoms. The molecule has 0 aromatic carbocycles. The number of piperidine rings is 1. The van der Waals surface area contributed by atoms with E-state index in [-0.39, 0.29) is 16.7 Å². The molecule has 4 saturated carbocycles. The van der Waals surface area contributed by atoms with E-state index in [4.69, 9.17) is 4.52 Å². The predicted molar refractivity (Wildman–Crippen MR) is 111 cm³/mol. The molecule has 8 heteroatoms. The Labute approximate surface area is 179 Å². The molecule has 1 amide bonds. The van der Waals surface area contributed by atoms with Crippen molar-refractivity contribution in [2.45, 2.75) is 70.1 Å². The maximum absolute atomic E-state index is 13.0. The van der Waals surface area contributed by atoms with Crippen LogP contribution in [0.4, 0.5) is 0 Å². The maximum atomic E-state index is 13.0. The van der Waals surface area contributed by atoms with Gasteiger partial charge in [-0.2, -0.15) is 4.31 Å². The van der Waals surface area contributed by atoms with Gasteiger partial charge in [-0.1, -0.05) is 5.16 Å². The van der Waals surface area contributed by atoms with Gasteiger partial charge in [0, 0.05) is 25.6 Å². The average molecular weight is 436 g/mol. The number of carbonyl (C=O) groups is 1. The van der Waals surface area contributed by atoms with Crippen LogP contribution in [0.15, 0.2) is 9.42 Å². The number of hydrogen-bond donors (Lipinski definition) is 1. The molecule has 4 bridgehead atoms. The number of hydrogen-bond acceptors (Lipinski definition) is 5. The van der Waals surface area contributed by atoms with Crippen molar-refractivity contribution >= 4 is 15.9 Å². The first kappa shape index (κ1) is 20.5. The molecule has 166 valence electrons. The van der Waals surface area contributed by atoms with Crippen LogP contribution in [0.25, 0.3) is 0 Å². The summed E-state index contributed by atoms with van der Waals surface area (Å²) in [6.45, 7) is 4.81. The van der Waals surface area contributed by atoms with Gasteiger partial charge in [-0.3, -0.25) is 4.79 Å². The summed E-state index contributed by atoms with van der Waals surface area (Å²) in [7, 11) is -3.63. The Kier molecular flexibility index (Phi) is 5.01. The molecule has 1 aromatic heterocycles. The van der Waals surface area contributed by atoms with Crippen molar-refractivity contribution in [1.82, 2.24) is 14.8 Å². The summed E-state index contributed by atoms with van der Waals surface area (Å²) in [5.41, 5.74) is 0.723. The molecule has 1 saturated heterocycles. The highest BCUT2D eigenvalue weighted by Gasteiger charge is 2.51. The highest BCUT2D eigenvalue weighted by atomic mass is 32.2. The summed E-state index contributed by atoms with van der Waals surface area (Å²) in [6, 6.07) is 0. The van der Waals surface area contributed by atoms with Crippen LogP contribution in [0, 0.1) is 42.9 Å². The molecule has 6 rings (SSSR count). The zero-order valence-corrected chi connectivity index (χ0v) is 18.8. The van der Waals surface area contributed by atoms with E-state index in [9.17, 15) is 13.2 Å². The molecular weight excluding hydrogens is 402 g/mol. The third kappa shape index (κ3) is 3.49. The van der Waals surface area contributed by atoms with Gasteiger partial charge in [0.1, 0.15) is 10.6 Å². The van der Waals surface area contributed by atoms with E-state index in [1.165, 1.54) is 42.8 Å². The average Bonchev–Trinajstić information content (AvgIpc) is 3.04. The standard InChI is InChI=1S/C22H33N3O4S/c1-14-20(15(2)29-24-14)30(27,28)25-5-3-19(4-6-25)21(26)23-13-22-10-16-7-17(11-22)9-18(8-16)12-22/h16-19H,3-13H2,1-2H3,(H,23,26). The van der Waals surface area contributed by atoms with Gasteiger partial charge in [0.2, 0.25) is 15.9 Å². The van der Waals surface area contributed by atoms with E-state index in [0.717, 1.165) is 24.3 Å². The van der Waals surface area contributed by atoms with Crippen LogP contribution in [0.5, 0.6) is 0 Å². The van der Waals surface area contributed by atoms with E-state index >= 15 is 0 Å². The highest BCUT2D eigenvalue weighted by molar-refractivity contribution is 7.89. The summed E-state index contributed by atoms with van der Waals surface area (Å²) in [4.78, 5) is 13.1. The molecule has 2 heterocycles. The van der Waals surface area contributed by atoms with E-state index < -0.39 is 10.0 Å². The van der Waals surface area contributed by atoms with Crippen LogP contribution in [0.2, 0.25) is 0 Å². The van der Waals surface area contributed by atoms with Crippen LogP contribution in [0.1, 0.15) is 62.8 Å². The molecule has 7 nitrogen and oxygen atoms in total. The Morgan fingerprint density at radius 1 is 1.10 bits per heavy atom. The molecule has 1 N–H and O–H groups in total. The molecule has 4 aliphatic carbocycles. The fourth-order valence-corrected chi connectivity index (χ4v) is 9.02. The number of carbonyl (C=O) groups excluding carboxylic acids is 1. The largest absolute Gasteiger partial charge is 0.360 e. The molecule has 0 atom stereocenters. The Hall–Kier alpha value is -1.41. The molecular formula is C22H33N3O4S. The van der Waals surface area contributed by atoms with Crippen molar-refractivity contribution in [2.24, 2.45) is 29.1 Å². The van der Waals surface area contributed by atoms with Gasteiger partial charge in [-0.25, -0.2) is 8.42 Å². The number of aryl methyl sites for hydroxylation is 2. The first-order valence-electron chi connectivity index (χ1n) is 11.5. The van der Waals surface area contributed by atoms with Crippen molar-refractivity contribution in [3.8, 4) is 0 Å². The van der Waals surface area contributed by atoms with Crippen LogP contribution in [-0.4, -0.2) is 43.4 Å². The van der Waals surface area contributed by atoms with E-state index in [2.05, 4.69) is 10.5 Å². The predicted octanol–water partition coefficient (Wildman–Crippen LogP) is 3.02. The van der Waals surface area contributed by atoms with Gasteiger partial charge in [0.25, 0.3) is 0 Å². The SMILES string of the molecule is Cc1noc(C)c1S(=O)(=O)N1CCC(C(=O)NCC23CC4CC(CC(C4)C2)C3)CC1. The number of sulfonamides is 1. The van der Waals surface area contributed by atoms with Crippen molar-refractivity contribution in [2.75, 3.05) is 19.6 Å². The summed E-state index contributed by atoms with van der Waals surface area (Å²) < 4.78 is 32.5. The molecule has 5 fully saturated rings. The number of nitrogens with one attached hydrogen (secondary N) is 1. The van der Waals surface area contributed by atoms with E-state index in [1.54, 1.807) is 13.8 Å². The molecule has 1 aromatic rings. The lowest BCUT2D eigenvalue weighted by atomic mass is 9.49. The molecule has 0 spiro atoms. The number of aromatic nitrogens is 1. The normalized spacial score (nSPS) is 34.4. The van der Waals surface area contributed by atoms with Crippen LogP contribution in [0.3, 0.4) is 0 Å². The first-order chi connectivity index (χ1) is 14.3. The van der Waals surface area contributed by atoms with E-state index in [0.29, 0.717) is 42.8 Å². The Morgan fingerprint density at radius 2 is 1.67 bits per heavy atom. The lowest BCUT2D eigenvalue weighted by Crippen LogP contribution is -2.52. The monoisotopic (exact) mass is 435 g/mol. The third-order valence-corrected chi connectivity index (χ3v) is 10.3. The number of nitrogens with zero attached hydrogens (tertiary/aromatic N) is 2. The Morgan fingerprint density at radius 3 is 2.17 bits per heavy atom. The van der Waals surface area contributed by atoms with Crippen molar-refractivity contribution in [3.63, 3.8) is 0 Å². The Balaban J connectivity index is 1.17. The van der Waals surface area contributed by atoms with Crippen LogP contribution in [-0.2, 0) is 14.8 Å². The smallest absolute Gasteiger partial charge is 0.248 e. The van der Waals surface area contributed by atoms with Gasteiger partial charge in [0.15, 0.2) is 5.76 Å². The van der Waals surface area contributed by atoms with Gasteiger partial charge in [-0.15, -0.1) is 0 Å². The molecule has 0 unspecified atom stereocenters. The van der Waals surface area contributed by atoms with Crippen molar-refractivity contribution < 1.29 is 17.7 Å². The number of amides is 1. The molecule has 1 aliphatic heterocycles. The zero-order valence-electron chi connectivity index (χ0n) is 18.0. The maximum Gasteiger partial charge on any atom is 0.248 e. The third-order valence-electron chi connectivity index (χ3n) is 8.19. The topological polar surface area (TPSA) is 92.5 Å². The van der Waals surface area contributed by atoms with Crippen LogP contribution >= 0.6 is 0 Å². The zero-order chi connectivity index (χ0) is 21.1. The quantitative estimate of drug-likeness (QED) is 0.767. The fourth-order valence-electron chi connectivity index (χ4n) is 7.26. The first-order valence-corrected chi connectivity index (χ1v) is 12.9. The minimum atomic E-state index is -3.63. The minimum Gasteiger partial charge on any atom is -0.360 e. The molecule has 5 aliphatic rings. The van der Waals surface area contributed by atoms with Crippen molar-refractivity contribution in [1.29, 1.82) is 0 Å². The lowest BCUT2D eigenvalue weighted by Gasteiger charge is -2.57. The molecule has 0 radical (unpaired) electrons. The number of rotatable bonds is 5. The highest BCUT2D eigenvalue weighted by Crippen LogP contribution is 2.59. The summed E-state index contributed by atoms with van der Waals surface area (Å²) >= 11 is 0. The Bertz CT molecular complexity index is 875. The van der Waals surface area contributed by atoms with Gasteiger partial charge in [0.05, 0.1) is 0 Å². The fraction of sp³-hybridized carbons (Fsp3) is 0.818. The van der Waals surface area contributed by atoms with Crippen LogP contribution < -0.4 is 5.32 Å². The van der Waals surface area contributed by atoms with E-state index in [1.807, 2.05) is 0 Å².